The van der Waals surface area contributed by atoms with Gasteiger partial charge in [0.1, 0.15) is 5.76 Å². The number of aliphatic hydroxyl groups is 2. The molecule has 0 spiro atoms. The second-order valence-electron chi connectivity index (χ2n) is 3.08. The van der Waals surface area contributed by atoms with Crippen LogP contribution >= 0.6 is 11.3 Å². The summed E-state index contributed by atoms with van der Waals surface area (Å²) in [6.45, 7) is 8.30. The average molecular weight is 241 g/mol. The fourth-order valence-electron chi connectivity index (χ4n) is 1.17. The van der Waals surface area contributed by atoms with E-state index in [1.807, 2.05) is 13.1 Å². The van der Waals surface area contributed by atoms with E-state index in [9.17, 15) is 0 Å². The van der Waals surface area contributed by atoms with Gasteiger partial charge in [0.2, 0.25) is 0 Å². The second kappa shape index (κ2) is 8.10. The van der Waals surface area contributed by atoms with Gasteiger partial charge in [-0.1, -0.05) is 13.2 Å². The summed E-state index contributed by atoms with van der Waals surface area (Å²) in [5, 5.41) is 20.1. The minimum atomic E-state index is 0.0767. The predicted molar refractivity (Wildman–Crippen MR) is 71.1 cm³/mol. The molecule has 1 aromatic rings. The van der Waals surface area contributed by atoms with Crippen LogP contribution < -0.4 is 15.1 Å². The lowest BCUT2D eigenvalue weighted by Gasteiger charge is -1.93. The molecule has 0 radical (unpaired) electrons. The van der Waals surface area contributed by atoms with Crippen LogP contribution in [-0.4, -0.2) is 30.9 Å². The number of aliphatic hydroxyl groups excluding tert-OH is 2. The molecule has 1 rings (SSSR count). The van der Waals surface area contributed by atoms with Crippen molar-refractivity contribution in [3.63, 3.8) is 0 Å². The summed E-state index contributed by atoms with van der Waals surface area (Å²) < 4.78 is 0.978. The Hall–Kier alpha value is -1.10. The first-order valence-electron chi connectivity index (χ1n) is 4.90. The molecule has 0 aliphatic heterocycles. The molecule has 0 amide bonds. The van der Waals surface area contributed by atoms with Gasteiger partial charge in [-0.15, -0.1) is 11.3 Å². The summed E-state index contributed by atoms with van der Waals surface area (Å²) in [5.74, 6) is 0.0767. The maximum atomic E-state index is 9.03. The van der Waals surface area contributed by atoms with Crippen LogP contribution in [0.15, 0.2) is 18.4 Å². The minimum absolute atomic E-state index is 0.0767. The van der Waals surface area contributed by atoms with E-state index in [0.29, 0.717) is 0 Å². The van der Waals surface area contributed by atoms with Crippen molar-refractivity contribution in [2.45, 2.75) is 6.42 Å². The largest absolute Gasteiger partial charge is 0.509 e. The van der Waals surface area contributed by atoms with E-state index in [-0.39, 0.29) is 5.76 Å². The van der Waals surface area contributed by atoms with Crippen LogP contribution in [0.4, 0.5) is 0 Å². The van der Waals surface area contributed by atoms with Crippen LogP contribution in [0.2, 0.25) is 0 Å². The van der Waals surface area contributed by atoms with Crippen LogP contribution in [0.5, 0.6) is 0 Å². The molecule has 90 valence electrons. The van der Waals surface area contributed by atoms with Gasteiger partial charge in [0.25, 0.3) is 0 Å². The van der Waals surface area contributed by atoms with Crippen LogP contribution in [0, 0.1) is 0 Å². The Morgan fingerprint density at radius 3 is 2.69 bits per heavy atom. The van der Waals surface area contributed by atoms with Crippen LogP contribution in [-0.2, 0) is 6.42 Å². The van der Waals surface area contributed by atoms with Crippen molar-refractivity contribution < 1.29 is 10.2 Å². The van der Waals surface area contributed by atoms with E-state index in [4.69, 9.17) is 10.2 Å². The molecule has 1 aromatic heterocycles. The topological polar surface area (TPSA) is 52.5 Å². The zero-order valence-electron chi connectivity index (χ0n) is 9.79. The molecule has 0 aliphatic carbocycles. The van der Waals surface area contributed by atoms with Crippen molar-refractivity contribution in [2.75, 3.05) is 20.7 Å². The van der Waals surface area contributed by atoms with Crippen LogP contribution in [0.25, 0.3) is 12.7 Å². The summed E-state index contributed by atoms with van der Waals surface area (Å²) in [4.78, 5) is 1.27. The third-order valence-corrected chi connectivity index (χ3v) is 2.90. The lowest BCUT2D eigenvalue weighted by Crippen LogP contribution is -2.15. The molecule has 16 heavy (non-hydrogen) atoms. The van der Waals surface area contributed by atoms with E-state index in [0.717, 1.165) is 29.8 Å². The normalized spacial score (nSPS) is 10.8. The number of hydrogen-bond acceptors (Lipinski definition) is 4. The summed E-state index contributed by atoms with van der Waals surface area (Å²) in [7, 11) is 2.93. The van der Waals surface area contributed by atoms with Crippen molar-refractivity contribution in [3.05, 3.63) is 33.0 Å². The van der Waals surface area contributed by atoms with E-state index < -0.39 is 0 Å². The zero-order valence-corrected chi connectivity index (χ0v) is 10.6. The SMILES string of the molecule is C=C(O)/C=c1/cc(CCNC)sc1=C.CO. The highest BCUT2D eigenvalue weighted by molar-refractivity contribution is 7.09. The maximum Gasteiger partial charge on any atom is 0.109 e. The van der Waals surface area contributed by atoms with Crippen molar-refractivity contribution in [1.29, 1.82) is 0 Å². The van der Waals surface area contributed by atoms with Gasteiger partial charge in [-0.3, -0.25) is 0 Å². The summed E-state index contributed by atoms with van der Waals surface area (Å²) in [6.07, 6.45) is 2.64. The first kappa shape index (κ1) is 14.9. The van der Waals surface area contributed by atoms with E-state index in [2.05, 4.69) is 18.5 Å². The first-order chi connectivity index (χ1) is 7.63. The molecule has 0 saturated carbocycles. The Balaban J connectivity index is 0.00000106. The van der Waals surface area contributed by atoms with Gasteiger partial charge in [-0.2, -0.15) is 0 Å². The fraction of sp³-hybridized carbons (Fsp3) is 0.333. The Labute approximate surface area is 100 Å². The maximum absolute atomic E-state index is 9.03. The van der Waals surface area contributed by atoms with Gasteiger partial charge >= 0.3 is 0 Å². The lowest BCUT2D eigenvalue weighted by molar-refractivity contribution is 0.399. The molecule has 0 aromatic carbocycles. The van der Waals surface area contributed by atoms with Gasteiger partial charge in [-0.25, -0.2) is 0 Å². The molecule has 0 saturated heterocycles. The summed E-state index contributed by atoms with van der Waals surface area (Å²) >= 11 is 1.66. The average Bonchev–Trinajstić information content (AvgIpc) is 2.59. The molecule has 3 N–H and O–H groups in total. The molecule has 4 heteroatoms. The van der Waals surface area contributed by atoms with Gasteiger partial charge < -0.3 is 15.5 Å². The quantitative estimate of drug-likeness (QED) is 0.668. The Kier molecular flexibility index (Phi) is 7.54. The van der Waals surface area contributed by atoms with Gasteiger partial charge in [0.15, 0.2) is 0 Å². The zero-order chi connectivity index (χ0) is 12.6. The lowest BCUT2D eigenvalue weighted by atomic mass is 10.3. The number of thiophene rings is 1. The molecular formula is C12H19NO2S. The molecule has 0 atom stereocenters. The molecule has 1 heterocycles. The van der Waals surface area contributed by atoms with Gasteiger partial charge in [-0.05, 0) is 37.4 Å². The molecule has 0 unspecified atom stereocenters. The van der Waals surface area contributed by atoms with Crippen molar-refractivity contribution in [2.24, 2.45) is 0 Å². The van der Waals surface area contributed by atoms with Gasteiger partial charge in [0, 0.05) is 16.5 Å². The first-order valence-corrected chi connectivity index (χ1v) is 5.71. The number of hydrogen-bond donors (Lipinski definition) is 3. The highest BCUT2D eigenvalue weighted by atomic mass is 32.1. The van der Waals surface area contributed by atoms with Crippen molar-refractivity contribution in [3.8, 4) is 0 Å². The highest BCUT2D eigenvalue weighted by Crippen LogP contribution is 2.00. The standard InChI is InChI=1S/C11H15NOS.CH4O/c1-8(13)6-10-7-11(4-5-12-3)14-9(10)2;1-2/h6-7,12-13H,1-2,4-5H2,3H3;2H,1H3/b10-6-;. The number of allylic oxidation sites excluding steroid dienone is 1. The highest BCUT2D eigenvalue weighted by Gasteiger charge is 1.96. The molecule has 0 aliphatic rings. The van der Waals surface area contributed by atoms with E-state index >= 15 is 0 Å². The van der Waals surface area contributed by atoms with Gasteiger partial charge in [0.05, 0.1) is 0 Å². The van der Waals surface area contributed by atoms with E-state index in [1.165, 1.54) is 4.88 Å². The third-order valence-electron chi connectivity index (χ3n) is 1.84. The van der Waals surface area contributed by atoms with E-state index in [1.54, 1.807) is 17.4 Å². The predicted octanol–water partition coefficient (Wildman–Crippen LogP) is 0.381. The van der Waals surface area contributed by atoms with Crippen LogP contribution in [0.3, 0.4) is 0 Å². The molecule has 0 fully saturated rings. The number of rotatable bonds is 4. The molecule has 3 nitrogen and oxygen atoms in total. The Bertz CT molecular complexity index is 423. The second-order valence-corrected chi connectivity index (χ2v) is 4.30. The molecular weight excluding hydrogens is 222 g/mol. The number of likely N-dealkylation sites (N-methyl/N-ethyl adjacent to an activating group) is 1. The molecule has 0 bridgehead atoms. The smallest absolute Gasteiger partial charge is 0.109 e. The monoisotopic (exact) mass is 241 g/mol. The Morgan fingerprint density at radius 1 is 1.56 bits per heavy atom. The van der Waals surface area contributed by atoms with Crippen LogP contribution in [0.1, 0.15) is 4.88 Å². The van der Waals surface area contributed by atoms with Crippen molar-refractivity contribution >= 4 is 24.0 Å². The number of nitrogens with one attached hydrogen (secondary N) is 1. The van der Waals surface area contributed by atoms with Crippen molar-refractivity contribution in [1.82, 2.24) is 5.32 Å². The summed E-state index contributed by atoms with van der Waals surface area (Å²) in [5.41, 5.74) is 0. The fourth-order valence-corrected chi connectivity index (χ4v) is 2.12. The minimum Gasteiger partial charge on any atom is -0.509 e. The summed E-state index contributed by atoms with van der Waals surface area (Å²) in [6, 6.07) is 2.05. The Morgan fingerprint density at radius 2 is 2.19 bits per heavy atom. The third kappa shape index (κ3) is 5.11.